The Morgan fingerprint density at radius 1 is 1.24 bits per heavy atom. The second-order valence-corrected chi connectivity index (χ2v) is 5.70. The summed E-state index contributed by atoms with van der Waals surface area (Å²) in [5.74, 6) is 0.905. The summed E-state index contributed by atoms with van der Waals surface area (Å²) in [6, 6.07) is 0.688. The van der Waals surface area contributed by atoms with Crippen molar-refractivity contribution in [1.29, 1.82) is 0 Å². The molecule has 17 heavy (non-hydrogen) atoms. The molecule has 0 bridgehead atoms. The highest BCUT2D eigenvalue weighted by Gasteiger charge is 2.27. The summed E-state index contributed by atoms with van der Waals surface area (Å²) in [6.07, 6.45) is 8.71. The van der Waals surface area contributed by atoms with Crippen molar-refractivity contribution in [3.05, 3.63) is 0 Å². The molecule has 0 aromatic carbocycles. The fraction of sp³-hybridized carbons (Fsp3) is 1.00. The lowest BCUT2D eigenvalue weighted by molar-refractivity contribution is 0.0259. The molecule has 2 atom stereocenters. The summed E-state index contributed by atoms with van der Waals surface area (Å²) in [5, 5.41) is 3.54. The van der Waals surface area contributed by atoms with Crippen LogP contribution in [0.5, 0.6) is 0 Å². The van der Waals surface area contributed by atoms with Gasteiger partial charge in [-0.25, -0.2) is 0 Å². The molecule has 0 radical (unpaired) electrons. The first kappa shape index (κ1) is 13.3. The summed E-state index contributed by atoms with van der Waals surface area (Å²) >= 11 is 0. The first-order valence-electron chi connectivity index (χ1n) is 7.26. The minimum absolute atomic E-state index is 0.463. The molecule has 0 aromatic rings. The standard InChI is InChI=1S/C14H28N2O/c1-15-14(12-6-3-4-7-12)11-16-9-5-8-13(10-16)17-2/h12-15H,3-11H2,1-2H3. The predicted octanol–water partition coefficient (Wildman–Crippen LogP) is 1.88. The van der Waals surface area contributed by atoms with E-state index in [2.05, 4.69) is 17.3 Å². The molecule has 0 spiro atoms. The van der Waals surface area contributed by atoms with E-state index in [1.807, 2.05) is 7.11 Å². The third-order valence-electron chi connectivity index (χ3n) is 4.59. The van der Waals surface area contributed by atoms with Crippen LogP contribution < -0.4 is 5.32 Å². The molecule has 2 fully saturated rings. The second kappa shape index (κ2) is 6.72. The minimum Gasteiger partial charge on any atom is -0.380 e. The van der Waals surface area contributed by atoms with Crippen molar-refractivity contribution < 1.29 is 4.74 Å². The largest absolute Gasteiger partial charge is 0.380 e. The number of nitrogens with zero attached hydrogens (tertiary/aromatic N) is 1. The van der Waals surface area contributed by atoms with Crippen LogP contribution in [0.1, 0.15) is 38.5 Å². The minimum atomic E-state index is 0.463. The number of hydrogen-bond donors (Lipinski definition) is 1. The van der Waals surface area contributed by atoms with Gasteiger partial charge in [0.15, 0.2) is 0 Å². The van der Waals surface area contributed by atoms with E-state index in [-0.39, 0.29) is 0 Å². The van der Waals surface area contributed by atoms with Crippen LogP contribution in [0.15, 0.2) is 0 Å². The van der Waals surface area contributed by atoms with Gasteiger partial charge in [0, 0.05) is 26.2 Å². The molecule has 1 saturated carbocycles. The zero-order chi connectivity index (χ0) is 12.1. The molecule has 0 amide bonds. The number of likely N-dealkylation sites (N-methyl/N-ethyl adjacent to an activating group) is 1. The van der Waals surface area contributed by atoms with E-state index in [9.17, 15) is 0 Å². The van der Waals surface area contributed by atoms with Crippen molar-refractivity contribution in [1.82, 2.24) is 10.2 Å². The van der Waals surface area contributed by atoms with Crippen LogP contribution in [0.25, 0.3) is 0 Å². The first-order chi connectivity index (χ1) is 8.33. The van der Waals surface area contributed by atoms with Crippen molar-refractivity contribution in [2.45, 2.75) is 50.7 Å². The van der Waals surface area contributed by atoms with Crippen molar-refractivity contribution in [2.75, 3.05) is 33.8 Å². The molecular formula is C14H28N2O. The summed E-state index contributed by atoms with van der Waals surface area (Å²) in [4.78, 5) is 2.59. The fourth-order valence-electron chi connectivity index (χ4n) is 3.49. The number of nitrogens with one attached hydrogen (secondary N) is 1. The molecular weight excluding hydrogens is 212 g/mol. The molecule has 0 aromatic heterocycles. The number of piperidine rings is 1. The van der Waals surface area contributed by atoms with Gasteiger partial charge in [-0.15, -0.1) is 0 Å². The van der Waals surface area contributed by atoms with Gasteiger partial charge < -0.3 is 10.1 Å². The number of hydrogen-bond acceptors (Lipinski definition) is 3. The van der Waals surface area contributed by atoms with Gasteiger partial charge in [0.05, 0.1) is 6.10 Å². The van der Waals surface area contributed by atoms with Crippen LogP contribution in [-0.4, -0.2) is 50.8 Å². The maximum atomic E-state index is 5.50. The van der Waals surface area contributed by atoms with Crippen LogP contribution >= 0.6 is 0 Å². The van der Waals surface area contributed by atoms with E-state index in [0.717, 1.165) is 12.5 Å². The summed E-state index contributed by atoms with van der Waals surface area (Å²) in [5.41, 5.74) is 0. The van der Waals surface area contributed by atoms with E-state index >= 15 is 0 Å². The normalized spacial score (nSPS) is 29.6. The van der Waals surface area contributed by atoms with Crippen LogP contribution in [0.2, 0.25) is 0 Å². The second-order valence-electron chi connectivity index (χ2n) is 5.70. The van der Waals surface area contributed by atoms with E-state index in [1.165, 1.54) is 51.6 Å². The number of likely N-dealkylation sites (tertiary alicyclic amines) is 1. The molecule has 1 N–H and O–H groups in total. The number of methoxy groups -OCH3 is 1. The smallest absolute Gasteiger partial charge is 0.0698 e. The molecule has 1 saturated heterocycles. The Morgan fingerprint density at radius 3 is 2.65 bits per heavy atom. The molecule has 2 unspecified atom stereocenters. The summed E-state index contributed by atoms with van der Waals surface area (Å²) in [7, 11) is 3.97. The van der Waals surface area contributed by atoms with Gasteiger partial charge in [0.25, 0.3) is 0 Å². The molecule has 3 nitrogen and oxygen atoms in total. The molecule has 2 rings (SSSR count). The predicted molar refractivity (Wildman–Crippen MR) is 71.3 cm³/mol. The third kappa shape index (κ3) is 3.67. The molecule has 1 aliphatic carbocycles. The van der Waals surface area contributed by atoms with E-state index < -0.39 is 0 Å². The van der Waals surface area contributed by atoms with Gasteiger partial charge in [-0.05, 0) is 45.2 Å². The third-order valence-corrected chi connectivity index (χ3v) is 4.59. The quantitative estimate of drug-likeness (QED) is 0.794. The highest BCUT2D eigenvalue weighted by molar-refractivity contribution is 4.84. The average Bonchev–Trinajstić information content (AvgIpc) is 2.90. The zero-order valence-corrected chi connectivity index (χ0v) is 11.5. The summed E-state index contributed by atoms with van der Waals surface area (Å²) < 4.78 is 5.50. The van der Waals surface area contributed by atoms with Crippen molar-refractivity contribution in [3.8, 4) is 0 Å². The zero-order valence-electron chi connectivity index (χ0n) is 11.5. The number of rotatable bonds is 5. The van der Waals surface area contributed by atoms with Crippen LogP contribution in [0.3, 0.4) is 0 Å². The Bertz CT molecular complexity index is 216. The van der Waals surface area contributed by atoms with Gasteiger partial charge in [-0.1, -0.05) is 12.8 Å². The van der Waals surface area contributed by atoms with Crippen LogP contribution in [0, 0.1) is 5.92 Å². The highest BCUT2D eigenvalue weighted by atomic mass is 16.5. The summed E-state index contributed by atoms with van der Waals surface area (Å²) in [6.45, 7) is 3.59. The average molecular weight is 240 g/mol. The Kier molecular flexibility index (Phi) is 5.26. The lowest BCUT2D eigenvalue weighted by atomic mass is 9.96. The Morgan fingerprint density at radius 2 is 2.00 bits per heavy atom. The Balaban J connectivity index is 1.80. The molecule has 2 aliphatic rings. The molecule has 100 valence electrons. The van der Waals surface area contributed by atoms with Gasteiger partial charge in [0.1, 0.15) is 0 Å². The first-order valence-corrected chi connectivity index (χ1v) is 7.26. The van der Waals surface area contributed by atoms with Crippen molar-refractivity contribution >= 4 is 0 Å². The highest BCUT2D eigenvalue weighted by Crippen LogP contribution is 2.28. The van der Waals surface area contributed by atoms with Gasteiger partial charge in [0.2, 0.25) is 0 Å². The molecule has 1 aliphatic heterocycles. The Labute approximate surface area is 106 Å². The topological polar surface area (TPSA) is 24.5 Å². The lowest BCUT2D eigenvalue weighted by Crippen LogP contribution is -2.48. The van der Waals surface area contributed by atoms with Gasteiger partial charge in [-0.2, -0.15) is 0 Å². The molecule has 3 heteroatoms. The van der Waals surface area contributed by atoms with Crippen molar-refractivity contribution in [3.63, 3.8) is 0 Å². The Hall–Kier alpha value is -0.120. The van der Waals surface area contributed by atoms with E-state index in [4.69, 9.17) is 4.74 Å². The molecule has 1 heterocycles. The van der Waals surface area contributed by atoms with Crippen LogP contribution in [0.4, 0.5) is 0 Å². The maximum Gasteiger partial charge on any atom is 0.0698 e. The fourth-order valence-corrected chi connectivity index (χ4v) is 3.49. The maximum absolute atomic E-state index is 5.50. The van der Waals surface area contributed by atoms with Crippen LogP contribution in [-0.2, 0) is 4.74 Å². The van der Waals surface area contributed by atoms with Gasteiger partial charge in [-0.3, -0.25) is 4.90 Å². The van der Waals surface area contributed by atoms with E-state index in [1.54, 1.807) is 0 Å². The lowest BCUT2D eigenvalue weighted by Gasteiger charge is -2.36. The monoisotopic (exact) mass is 240 g/mol. The number of ether oxygens (including phenoxy) is 1. The van der Waals surface area contributed by atoms with Crippen molar-refractivity contribution in [2.24, 2.45) is 5.92 Å². The van der Waals surface area contributed by atoms with E-state index in [0.29, 0.717) is 12.1 Å². The van der Waals surface area contributed by atoms with Gasteiger partial charge >= 0.3 is 0 Å². The SMILES string of the molecule is CNC(CN1CCCC(OC)C1)C1CCCC1.